The third-order valence-corrected chi connectivity index (χ3v) is 5.06. The van der Waals surface area contributed by atoms with E-state index in [1.807, 2.05) is 17.5 Å². The van der Waals surface area contributed by atoms with Gasteiger partial charge in [-0.25, -0.2) is 8.78 Å². The molecular formula is C19H14F2N4O2S. The Bertz CT molecular complexity index is 1100. The summed E-state index contributed by atoms with van der Waals surface area (Å²) in [5.74, 6) is -1.29. The molecular weight excluding hydrogens is 386 g/mol. The second-order valence-corrected chi connectivity index (χ2v) is 6.98. The van der Waals surface area contributed by atoms with Crippen LogP contribution in [0.4, 0.5) is 14.5 Å². The highest BCUT2D eigenvalue weighted by atomic mass is 32.1. The Morgan fingerprint density at radius 3 is 2.75 bits per heavy atom. The van der Waals surface area contributed by atoms with Gasteiger partial charge in [0.25, 0.3) is 5.91 Å². The number of aromatic nitrogens is 3. The molecule has 142 valence electrons. The molecule has 1 unspecified atom stereocenters. The Balaban J connectivity index is 1.50. The number of anilines is 1. The van der Waals surface area contributed by atoms with E-state index in [-0.39, 0.29) is 11.3 Å². The van der Waals surface area contributed by atoms with E-state index in [2.05, 4.69) is 15.6 Å². The lowest BCUT2D eigenvalue weighted by atomic mass is 10.1. The van der Waals surface area contributed by atoms with Gasteiger partial charge in [0.05, 0.1) is 22.8 Å². The van der Waals surface area contributed by atoms with Gasteiger partial charge in [-0.05, 0) is 30.5 Å². The van der Waals surface area contributed by atoms with E-state index in [4.69, 9.17) is 4.52 Å². The molecule has 9 heteroatoms. The maximum Gasteiger partial charge on any atom is 0.277 e. The van der Waals surface area contributed by atoms with Crippen molar-refractivity contribution < 1.29 is 18.1 Å². The molecule has 1 N–H and O–H groups in total. The summed E-state index contributed by atoms with van der Waals surface area (Å²) in [4.78, 5) is 13.2. The van der Waals surface area contributed by atoms with Crippen molar-refractivity contribution in [2.75, 3.05) is 5.32 Å². The molecule has 4 rings (SSSR count). The molecule has 1 atom stereocenters. The summed E-state index contributed by atoms with van der Waals surface area (Å²) in [7, 11) is 0. The molecule has 1 aromatic carbocycles. The lowest BCUT2D eigenvalue weighted by molar-refractivity contribution is 0.101. The number of hydrogen-bond acceptors (Lipinski definition) is 5. The van der Waals surface area contributed by atoms with Gasteiger partial charge in [-0.3, -0.25) is 9.48 Å². The third kappa shape index (κ3) is 3.44. The topological polar surface area (TPSA) is 73.0 Å². The van der Waals surface area contributed by atoms with Gasteiger partial charge in [0.1, 0.15) is 11.6 Å². The zero-order chi connectivity index (χ0) is 19.7. The summed E-state index contributed by atoms with van der Waals surface area (Å²) in [6, 6.07) is 8.27. The molecule has 3 aromatic heterocycles. The number of carbonyl (C=O) groups excluding carboxylic acids is 1. The average Bonchev–Trinajstić information content (AvgIpc) is 3.42. The SMILES string of the molecule is CC(c1c(F)cccc1F)n1cc(NC(=O)c2cc(-c3cccs3)on2)cn1. The van der Waals surface area contributed by atoms with Crippen LogP contribution >= 0.6 is 11.3 Å². The van der Waals surface area contributed by atoms with Crippen molar-refractivity contribution in [2.24, 2.45) is 0 Å². The van der Waals surface area contributed by atoms with Crippen LogP contribution in [-0.2, 0) is 0 Å². The molecule has 0 fully saturated rings. The Labute approximate surface area is 162 Å². The molecule has 0 spiro atoms. The first-order valence-corrected chi connectivity index (χ1v) is 9.21. The van der Waals surface area contributed by atoms with Gasteiger partial charge >= 0.3 is 0 Å². The normalized spacial score (nSPS) is 12.1. The zero-order valence-corrected chi connectivity index (χ0v) is 15.4. The molecule has 6 nitrogen and oxygen atoms in total. The van der Waals surface area contributed by atoms with Crippen molar-refractivity contribution in [3.05, 3.63) is 77.1 Å². The van der Waals surface area contributed by atoms with Crippen LogP contribution in [0.5, 0.6) is 0 Å². The van der Waals surface area contributed by atoms with E-state index in [9.17, 15) is 13.6 Å². The Hall–Kier alpha value is -3.33. The van der Waals surface area contributed by atoms with Crippen molar-refractivity contribution in [2.45, 2.75) is 13.0 Å². The van der Waals surface area contributed by atoms with E-state index in [1.165, 1.54) is 46.6 Å². The number of halogens is 2. The molecule has 0 aliphatic carbocycles. The number of nitrogens with zero attached hydrogens (tertiary/aromatic N) is 3. The predicted octanol–water partition coefficient (Wildman–Crippen LogP) is 4.74. The van der Waals surface area contributed by atoms with Gasteiger partial charge < -0.3 is 9.84 Å². The van der Waals surface area contributed by atoms with Crippen LogP contribution in [0.1, 0.15) is 29.0 Å². The average molecular weight is 400 g/mol. The Morgan fingerprint density at radius 2 is 2.04 bits per heavy atom. The standard InChI is InChI=1S/C19H14F2N4O2S/c1-11(18-13(20)4-2-5-14(18)21)25-10-12(9-22-25)23-19(26)15-8-16(27-24-15)17-6-3-7-28-17/h2-11H,1H3,(H,23,26). The van der Waals surface area contributed by atoms with Gasteiger partial charge in [-0.15, -0.1) is 11.3 Å². The van der Waals surface area contributed by atoms with Crippen LogP contribution < -0.4 is 5.32 Å². The first kappa shape index (κ1) is 18.1. The smallest absolute Gasteiger partial charge is 0.277 e. The van der Waals surface area contributed by atoms with Crippen molar-refractivity contribution in [1.29, 1.82) is 0 Å². The minimum Gasteiger partial charge on any atom is -0.355 e. The first-order valence-electron chi connectivity index (χ1n) is 8.33. The van der Waals surface area contributed by atoms with E-state index in [1.54, 1.807) is 13.0 Å². The molecule has 3 heterocycles. The minimum absolute atomic E-state index is 0.0967. The molecule has 0 saturated heterocycles. The lowest BCUT2D eigenvalue weighted by Gasteiger charge is -2.14. The second kappa shape index (κ2) is 7.35. The fourth-order valence-corrected chi connectivity index (χ4v) is 3.44. The summed E-state index contributed by atoms with van der Waals surface area (Å²) in [5, 5.41) is 12.4. The Morgan fingerprint density at radius 1 is 1.25 bits per heavy atom. The summed E-state index contributed by atoms with van der Waals surface area (Å²) in [6.07, 6.45) is 2.89. The number of amides is 1. The predicted molar refractivity (Wildman–Crippen MR) is 100 cm³/mol. The molecule has 0 radical (unpaired) electrons. The van der Waals surface area contributed by atoms with Crippen molar-refractivity contribution in [1.82, 2.24) is 14.9 Å². The van der Waals surface area contributed by atoms with Crippen LogP contribution in [0.25, 0.3) is 10.6 Å². The lowest BCUT2D eigenvalue weighted by Crippen LogP contribution is -2.13. The fourth-order valence-electron chi connectivity index (χ4n) is 2.77. The summed E-state index contributed by atoms with van der Waals surface area (Å²) in [6.45, 7) is 1.62. The van der Waals surface area contributed by atoms with Crippen LogP contribution in [0.3, 0.4) is 0 Å². The molecule has 0 aliphatic rings. The van der Waals surface area contributed by atoms with Gasteiger partial charge in [0.15, 0.2) is 11.5 Å². The molecule has 0 saturated carbocycles. The number of thiophene rings is 1. The zero-order valence-electron chi connectivity index (χ0n) is 14.6. The van der Waals surface area contributed by atoms with Crippen LogP contribution in [0, 0.1) is 11.6 Å². The highest BCUT2D eigenvalue weighted by Gasteiger charge is 2.20. The molecule has 28 heavy (non-hydrogen) atoms. The van der Waals surface area contributed by atoms with Crippen molar-refractivity contribution in [3.63, 3.8) is 0 Å². The fraction of sp³-hybridized carbons (Fsp3) is 0.105. The number of rotatable bonds is 5. The van der Waals surface area contributed by atoms with Gasteiger partial charge in [0, 0.05) is 17.8 Å². The third-order valence-electron chi connectivity index (χ3n) is 4.18. The van der Waals surface area contributed by atoms with Crippen LogP contribution in [0.2, 0.25) is 0 Å². The second-order valence-electron chi connectivity index (χ2n) is 6.03. The van der Waals surface area contributed by atoms with Gasteiger partial charge in [0.2, 0.25) is 0 Å². The van der Waals surface area contributed by atoms with Crippen molar-refractivity contribution >= 4 is 22.9 Å². The minimum atomic E-state index is -0.690. The van der Waals surface area contributed by atoms with E-state index >= 15 is 0 Å². The van der Waals surface area contributed by atoms with Crippen LogP contribution in [-0.4, -0.2) is 20.8 Å². The monoisotopic (exact) mass is 400 g/mol. The highest BCUT2D eigenvalue weighted by molar-refractivity contribution is 7.13. The van der Waals surface area contributed by atoms with E-state index < -0.39 is 23.6 Å². The number of nitrogens with one attached hydrogen (secondary N) is 1. The van der Waals surface area contributed by atoms with E-state index in [0.29, 0.717) is 11.4 Å². The number of benzene rings is 1. The summed E-state index contributed by atoms with van der Waals surface area (Å²) >= 11 is 1.47. The highest BCUT2D eigenvalue weighted by Crippen LogP contribution is 2.26. The molecule has 4 aromatic rings. The largest absolute Gasteiger partial charge is 0.355 e. The van der Waals surface area contributed by atoms with Crippen LogP contribution in [0.15, 0.2) is 58.7 Å². The summed E-state index contributed by atoms with van der Waals surface area (Å²) in [5.41, 5.74) is 0.388. The maximum atomic E-state index is 14.0. The summed E-state index contributed by atoms with van der Waals surface area (Å²) < 4.78 is 34.5. The Kier molecular flexibility index (Phi) is 4.74. The number of hydrogen-bond donors (Lipinski definition) is 1. The van der Waals surface area contributed by atoms with Gasteiger partial charge in [-0.1, -0.05) is 17.3 Å². The number of carbonyl (C=O) groups is 1. The van der Waals surface area contributed by atoms with Crippen molar-refractivity contribution in [3.8, 4) is 10.6 Å². The van der Waals surface area contributed by atoms with E-state index in [0.717, 1.165) is 4.88 Å². The maximum absolute atomic E-state index is 14.0. The molecule has 0 bridgehead atoms. The molecule has 1 amide bonds. The first-order chi connectivity index (χ1) is 13.5. The quantitative estimate of drug-likeness (QED) is 0.525. The molecule has 0 aliphatic heterocycles. The van der Waals surface area contributed by atoms with Gasteiger partial charge in [-0.2, -0.15) is 5.10 Å².